The lowest BCUT2D eigenvalue weighted by Gasteiger charge is -2.46. The number of halogens is 2. The molecule has 1 heterocycles. The molecule has 0 radical (unpaired) electrons. The van der Waals surface area contributed by atoms with Crippen molar-refractivity contribution >= 4 is 0 Å². The maximum atomic E-state index is 13.1. The van der Waals surface area contributed by atoms with Crippen LogP contribution < -0.4 is 5.73 Å². The summed E-state index contributed by atoms with van der Waals surface area (Å²) in [6, 6.07) is 2.08. The molecule has 2 aliphatic carbocycles. The summed E-state index contributed by atoms with van der Waals surface area (Å²) < 4.78 is 26.2. The Hall–Kier alpha value is -0.900. The molecule has 0 unspecified atom stereocenters. The van der Waals surface area contributed by atoms with E-state index in [0.717, 1.165) is 18.5 Å². The highest BCUT2D eigenvalue weighted by Gasteiger charge is 2.57. The molecule has 1 saturated carbocycles. The van der Waals surface area contributed by atoms with E-state index in [4.69, 9.17) is 5.73 Å². The number of fused-ring (bicyclic) bond motifs is 1. The highest BCUT2D eigenvalue weighted by atomic mass is 19.3. The fourth-order valence-electron chi connectivity index (χ4n) is 3.27. The van der Waals surface area contributed by atoms with Crippen LogP contribution in [0, 0.1) is 0 Å². The summed E-state index contributed by atoms with van der Waals surface area (Å²) in [6.07, 6.45) is 4.32. The van der Waals surface area contributed by atoms with Crippen molar-refractivity contribution in [3.63, 3.8) is 0 Å². The first-order valence-corrected chi connectivity index (χ1v) is 6.34. The van der Waals surface area contributed by atoms with Crippen molar-refractivity contribution in [3.05, 3.63) is 23.0 Å². The SMILES string of the molecule is NCC1(c2cc3c([nH]2)CCCC3)CC(F)(F)C1. The molecule has 1 fully saturated rings. The average molecular weight is 240 g/mol. The van der Waals surface area contributed by atoms with Gasteiger partial charge in [-0.2, -0.15) is 0 Å². The van der Waals surface area contributed by atoms with Gasteiger partial charge in [0, 0.05) is 36.2 Å². The Balaban J connectivity index is 1.90. The highest BCUT2D eigenvalue weighted by Crippen LogP contribution is 2.52. The molecule has 17 heavy (non-hydrogen) atoms. The molecule has 0 bridgehead atoms. The van der Waals surface area contributed by atoms with E-state index in [0.29, 0.717) is 6.54 Å². The van der Waals surface area contributed by atoms with Crippen LogP contribution in [0.15, 0.2) is 6.07 Å². The van der Waals surface area contributed by atoms with E-state index in [2.05, 4.69) is 11.1 Å². The van der Waals surface area contributed by atoms with Gasteiger partial charge >= 0.3 is 0 Å². The molecule has 0 aliphatic heterocycles. The number of H-pyrrole nitrogens is 1. The number of alkyl halides is 2. The predicted octanol–water partition coefficient (Wildman–Crippen LogP) is 2.52. The van der Waals surface area contributed by atoms with Gasteiger partial charge in [-0.05, 0) is 37.3 Å². The molecule has 94 valence electrons. The van der Waals surface area contributed by atoms with Crippen LogP contribution in [0.4, 0.5) is 8.78 Å². The molecule has 0 aromatic carbocycles. The van der Waals surface area contributed by atoms with Crippen molar-refractivity contribution in [3.8, 4) is 0 Å². The lowest BCUT2D eigenvalue weighted by Crippen LogP contribution is -2.53. The summed E-state index contributed by atoms with van der Waals surface area (Å²) in [7, 11) is 0. The summed E-state index contributed by atoms with van der Waals surface area (Å²) in [5.41, 5.74) is 8.73. The zero-order valence-corrected chi connectivity index (χ0v) is 9.86. The van der Waals surface area contributed by atoms with Crippen LogP contribution in [0.2, 0.25) is 0 Å². The minimum atomic E-state index is -2.52. The topological polar surface area (TPSA) is 41.8 Å². The minimum absolute atomic E-state index is 0.101. The third-order valence-electron chi connectivity index (χ3n) is 4.27. The second-order valence-corrected chi connectivity index (χ2v) is 5.59. The monoisotopic (exact) mass is 240 g/mol. The van der Waals surface area contributed by atoms with Crippen LogP contribution in [-0.4, -0.2) is 17.5 Å². The smallest absolute Gasteiger partial charge is 0.250 e. The Morgan fingerprint density at radius 3 is 2.53 bits per heavy atom. The van der Waals surface area contributed by atoms with E-state index in [-0.39, 0.29) is 12.8 Å². The standard InChI is InChI=1S/C13H18F2N2/c14-13(15)6-12(7-13,8-16)11-5-9-3-1-2-4-10(9)17-11/h5,17H,1-4,6-8,16H2. The van der Waals surface area contributed by atoms with Crippen LogP contribution >= 0.6 is 0 Å². The van der Waals surface area contributed by atoms with Crippen molar-refractivity contribution < 1.29 is 8.78 Å². The van der Waals surface area contributed by atoms with Crippen molar-refractivity contribution in [1.29, 1.82) is 0 Å². The lowest BCUT2D eigenvalue weighted by atomic mass is 9.64. The van der Waals surface area contributed by atoms with Crippen molar-refractivity contribution in [2.24, 2.45) is 5.73 Å². The molecule has 0 atom stereocenters. The van der Waals surface area contributed by atoms with E-state index in [9.17, 15) is 8.78 Å². The van der Waals surface area contributed by atoms with Gasteiger partial charge in [0.15, 0.2) is 0 Å². The maximum absolute atomic E-state index is 13.1. The Kier molecular flexibility index (Phi) is 2.34. The third kappa shape index (κ3) is 1.69. The second kappa shape index (κ2) is 3.55. The zero-order chi connectivity index (χ0) is 12.1. The maximum Gasteiger partial charge on any atom is 0.250 e. The molecule has 0 amide bonds. The first kappa shape index (κ1) is 11.2. The molecule has 3 N–H and O–H groups in total. The van der Waals surface area contributed by atoms with Crippen LogP contribution in [0.25, 0.3) is 0 Å². The summed E-state index contributed by atoms with van der Waals surface area (Å²) >= 11 is 0. The summed E-state index contributed by atoms with van der Waals surface area (Å²) in [6.45, 7) is 0.308. The van der Waals surface area contributed by atoms with Gasteiger partial charge in [-0.3, -0.25) is 0 Å². The van der Waals surface area contributed by atoms with Gasteiger partial charge in [0.25, 0.3) is 0 Å². The van der Waals surface area contributed by atoms with Gasteiger partial charge < -0.3 is 10.7 Å². The predicted molar refractivity (Wildman–Crippen MR) is 62.3 cm³/mol. The number of rotatable bonds is 2. The van der Waals surface area contributed by atoms with E-state index in [1.807, 2.05) is 0 Å². The summed E-state index contributed by atoms with van der Waals surface area (Å²) in [5.74, 6) is -2.52. The third-order valence-corrected chi connectivity index (χ3v) is 4.27. The molecular weight excluding hydrogens is 222 g/mol. The van der Waals surface area contributed by atoms with E-state index in [1.54, 1.807) is 0 Å². The fraction of sp³-hybridized carbons (Fsp3) is 0.692. The molecule has 3 rings (SSSR count). The minimum Gasteiger partial charge on any atom is -0.362 e. The van der Waals surface area contributed by atoms with Gasteiger partial charge in [0.05, 0.1) is 0 Å². The normalized spacial score (nSPS) is 25.1. The number of hydrogen-bond donors (Lipinski definition) is 2. The summed E-state index contributed by atoms with van der Waals surface area (Å²) in [5, 5.41) is 0. The van der Waals surface area contributed by atoms with E-state index >= 15 is 0 Å². The molecule has 2 nitrogen and oxygen atoms in total. The van der Waals surface area contributed by atoms with Crippen molar-refractivity contribution in [2.45, 2.75) is 49.9 Å². The van der Waals surface area contributed by atoms with Crippen LogP contribution in [0.5, 0.6) is 0 Å². The first-order valence-electron chi connectivity index (χ1n) is 6.34. The lowest BCUT2D eigenvalue weighted by molar-refractivity contribution is -0.124. The number of nitrogens with one attached hydrogen (secondary N) is 1. The largest absolute Gasteiger partial charge is 0.362 e. The van der Waals surface area contributed by atoms with Gasteiger partial charge in [-0.15, -0.1) is 0 Å². The summed E-state index contributed by atoms with van der Waals surface area (Å²) in [4.78, 5) is 3.35. The van der Waals surface area contributed by atoms with Gasteiger partial charge in [0.1, 0.15) is 0 Å². The quantitative estimate of drug-likeness (QED) is 0.819. The highest BCUT2D eigenvalue weighted by molar-refractivity contribution is 5.35. The Labute approximate surface area is 99.6 Å². The fourth-order valence-corrected chi connectivity index (χ4v) is 3.27. The van der Waals surface area contributed by atoms with Crippen molar-refractivity contribution in [1.82, 2.24) is 4.98 Å². The number of aromatic nitrogens is 1. The number of nitrogens with two attached hydrogens (primary N) is 1. The number of hydrogen-bond acceptors (Lipinski definition) is 1. The van der Waals surface area contributed by atoms with E-state index in [1.165, 1.54) is 24.1 Å². The molecule has 0 spiro atoms. The average Bonchev–Trinajstić information content (AvgIpc) is 2.68. The molecule has 4 heteroatoms. The van der Waals surface area contributed by atoms with Gasteiger partial charge in [-0.25, -0.2) is 8.78 Å². The molecule has 0 saturated heterocycles. The second-order valence-electron chi connectivity index (χ2n) is 5.59. The Morgan fingerprint density at radius 2 is 1.94 bits per heavy atom. The Bertz CT molecular complexity index is 405. The number of aromatic amines is 1. The number of aryl methyl sites for hydroxylation is 2. The van der Waals surface area contributed by atoms with Crippen LogP contribution in [0.1, 0.15) is 42.6 Å². The molecule has 2 aliphatic rings. The molecule has 1 aromatic rings. The molecular formula is C13H18F2N2. The van der Waals surface area contributed by atoms with Crippen molar-refractivity contribution in [2.75, 3.05) is 6.54 Å². The van der Waals surface area contributed by atoms with Gasteiger partial charge in [0.2, 0.25) is 5.92 Å². The van der Waals surface area contributed by atoms with Crippen LogP contribution in [-0.2, 0) is 18.3 Å². The van der Waals surface area contributed by atoms with Gasteiger partial charge in [-0.1, -0.05) is 0 Å². The Morgan fingerprint density at radius 1 is 1.24 bits per heavy atom. The first-order chi connectivity index (χ1) is 8.05. The van der Waals surface area contributed by atoms with Crippen LogP contribution in [0.3, 0.4) is 0 Å². The molecule has 1 aromatic heterocycles. The zero-order valence-electron chi connectivity index (χ0n) is 9.86. The van der Waals surface area contributed by atoms with E-state index < -0.39 is 11.3 Å².